The molecule has 0 saturated heterocycles. The number of carbonyl (C=O) groups is 2. The van der Waals surface area contributed by atoms with Crippen molar-refractivity contribution in [1.82, 2.24) is 10.6 Å². The van der Waals surface area contributed by atoms with Crippen molar-refractivity contribution in [2.75, 3.05) is 6.54 Å². The van der Waals surface area contributed by atoms with E-state index in [9.17, 15) is 9.59 Å². The fraction of sp³-hybridized carbons (Fsp3) is 0.579. The summed E-state index contributed by atoms with van der Waals surface area (Å²) >= 11 is 0. The molecule has 140 valence electrons. The fourth-order valence-corrected chi connectivity index (χ4v) is 3.31. The molecule has 1 saturated carbocycles. The minimum atomic E-state index is -0.763. The van der Waals surface area contributed by atoms with Crippen molar-refractivity contribution in [2.24, 2.45) is 5.73 Å². The first-order chi connectivity index (χ1) is 11.6. The Kier molecular flexibility index (Phi) is 8.93. The van der Waals surface area contributed by atoms with Gasteiger partial charge in [0.15, 0.2) is 0 Å². The monoisotopic (exact) mass is 367 g/mol. The maximum absolute atomic E-state index is 12.6. The van der Waals surface area contributed by atoms with Crippen LogP contribution in [0.2, 0.25) is 0 Å². The van der Waals surface area contributed by atoms with Gasteiger partial charge in [0.2, 0.25) is 11.8 Å². The number of amides is 2. The molecule has 0 radical (unpaired) electrons. The summed E-state index contributed by atoms with van der Waals surface area (Å²) in [7, 11) is 0. The largest absolute Gasteiger partial charge is 0.354 e. The van der Waals surface area contributed by atoms with E-state index >= 15 is 0 Å². The zero-order valence-corrected chi connectivity index (χ0v) is 15.7. The van der Waals surface area contributed by atoms with Crippen LogP contribution in [0.15, 0.2) is 30.3 Å². The van der Waals surface area contributed by atoms with Crippen LogP contribution in [0.4, 0.5) is 0 Å². The van der Waals surface area contributed by atoms with Crippen LogP contribution in [-0.2, 0) is 9.59 Å². The van der Waals surface area contributed by atoms with Crippen LogP contribution in [0, 0.1) is 0 Å². The predicted molar refractivity (Wildman–Crippen MR) is 102 cm³/mol. The lowest BCUT2D eigenvalue weighted by atomic mass is 9.80. The van der Waals surface area contributed by atoms with Gasteiger partial charge in [0.1, 0.15) is 5.54 Å². The number of hydrogen-bond acceptors (Lipinski definition) is 3. The lowest BCUT2D eigenvalue weighted by Crippen LogP contribution is -2.60. The van der Waals surface area contributed by atoms with E-state index in [1.165, 1.54) is 0 Å². The molecule has 0 spiro atoms. The van der Waals surface area contributed by atoms with Crippen molar-refractivity contribution in [1.29, 1.82) is 0 Å². The third kappa shape index (κ3) is 6.01. The highest BCUT2D eigenvalue weighted by molar-refractivity contribution is 5.91. The van der Waals surface area contributed by atoms with Crippen LogP contribution in [0.3, 0.4) is 0 Å². The molecular formula is C19H30ClN3O2. The smallest absolute Gasteiger partial charge is 0.245 e. The van der Waals surface area contributed by atoms with Crippen molar-refractivity contribution in [2.45, 2.75) is 63.5 Å². The molecule has 4 N–H and O–H groups in total. The molecule has 2 amide bonds. The van der Waals surface area contributed by atoms with E-state index in [-0.39, 0.29) is 36.7 Å². The van der Waals surface area contributed by atoms with Gasteiger partial charge in [0.05, 0.1) is 0 Å². The highest BCUT2D eigenvalue weighted by Crippen LogP contribution is 2.29. The molecule has 25 heavy (non-hydrogen) atoms. The van der Waals surface area contributed by atoms with Crippen molar-refractivity contribution < 1.29 is 9.59 Å². The number of nitrogens with two attached hydrogens (primary N) is 1. The average molecular weight is 368 g/mol. The SMILES string of the molecule is CCCNC(=O)C1(NC(=O)CC(N)c2ccccc2)CCCCC1.Cl. The lowest BCUT2D eigenvalue weighted by Gasteiger charge is -2.37. The molecule has 6 heteroatoms. The van der Waals surface area contributed by atoms with Gasteiger partial charge >= 0.3 is 0 Å². The molecule has 0 aromatic heterocycles. The van der Waals surface area contributed by atoms with Crippen molar-refractivity contribution in [3.8, 4) is 0 Å². The molecule has 1 aliphatic rings. The minimum Gasteiger partial charge on any atom is -0.354 e. The summed E-state index contributed by atoms with van der Waals surface area (Å²) in [5.74, 6) is -0.203. The van der Waals surface area contributed by atoms with Gasteiger partial charge in [-0.1, -0.05) is 56.5 Å². The summed E-state index contributed by atoms with van der Waals surface area (Å²) in [4.78, 5) is 25.1. The van der Waals surface area contributed by atoms with E-state index in [1.807, 2.05) is 37.3 Å². The Balaban J connectivity index is 0.00000312. The summed E-state index contributed by atoms with van der Waals surface area (Å²) in [5.41, 5.74) is 6.31. The Morgan fingerprint density at radius 1 is 1.16 bits per heavy atom. The van der Waals surface area contributed by atoms with Crippen LogP contribution in [0.1, 0.15) is 63.5 Å². The molecule has 0 aliphatic heterocycles. The standard InChI is InChI=1S/C19H29N3O2.ClH/c1-2-13-21-18(24)19(11-7-4-8-12-19)22-17(23)14-16(20)15-9-5-3-6-10-15;/h3,5-6,9-10,16H,2,4,7-8,11-14,20H2,1H3,(H,21,24)(H,22,23);1H. The summed E-state index contributed by atoms with van der Waals surface area (Å²) in [6, 6.07) is 9.23. The van der Waals surface area contributed by atoms with Gasteiger partial charge in [0.25, 0.3) is 0 Å². The second-order valence-electron chi connectivity index (χ2n) is 6.67. The number of halogens is 1. The van der Waals surface area contributed by atoms with Crippen LogP contribution in [-0.4, -0.2) is 23.9 Å². The molecule has 1 atom stereocenters. The molecule has 1 aromatic rings. The van der Waals surface area contributed by atoms with Gasteiger partial charge in [0, 0.05) is 19.0 Å². The maximum atomic E-state index is 12.6. The molecule has 5 nitrogen and oxygen atoms in total. The number of hydrogen-bond donors (Lipinski definition) is 3. The van der Waals surface area contributed by atoms with Gasteiger partial charge in [-0.05, 0) is 24.8 Å². The van der Waals surface area contributed by atoms with Crippen molar-refractivity contribution in [3.63, 3.8) is 0 Å². The Bertz CT molecular complexity index is 545. The van der Waals surface area contributed by atoms with E-state index < -0.39 is 5.54 Å². The third-order valence-electron chi connectivity index (χ3n) is 4.69. The number of benzene rings is 1. The van der Waals surface area contributed by atoms with Crippen LogP contribution < -0.4 is 16.4 Å². The highest BCUT2D eigenvalue weighted by atomic mass is 35.5. The zero-order valence-electron chi connectivity index (χ0n) is 14.9. The summed E-state index contributed by atoms with van der Waals surface area (Å²) < 4.78 is 0. The molecule has 1 aliphatic carbocycles. The predicted octanol–water partition coefficient (Wildman–Crippen LogP) is 2.84. The molecule has 1 fully saturated rings. The Morgan fingerprint density at radius 3 is 2.40 bits per heavy atom. The maximum Gasteiger partial charge on any atom is 0.245 e. The van der Waals surface area contributed by atoms with Gasteiger partial charge in [-0.2, -0.15) is 0 Å². The summed E-state index contributed by atoms with van der Waals surface area (Å²) in [6.45, 7) is 2.66. The van der Waals surface area contributed by atoms with E-state index in [0.29, 0.717) is 19.4 Å². The summed E-state index contributed by atoms with van der Waals surface area (Å²) in [6.07, 6.45) is 5.52. The van der Waals surface area contributed by atoms with E-state index in [4.69, 9.17) is 5.73 Å². The Hall–Kier alpha value is -1.59. The van der Waals surface area contributed by atoms with E-state index in [0.717, 1.165) is 31.2 Å². The third-order valence-corrected chi connectivity index (χ3v) is 4.69. The van der Waals surface area contributed by atoms with Gasteiger partial charge in [-0.25, -0.2) is 0 Å². The first-order valence-corrected chi connectivity index (χ1v) is 8.97. The summed E-state index contributed by atoms with van der Waals surface area (Å²) in [5, 5.41) is 5.96. The lowest BCUT2D eigenvalue weighted by molar-refractivity contribution is -0.135. The minimum absolute atomic E-state index is 0. The molecule has 0 heterocycles. The molecule has 0 bridgehead atoms. The number of rotatable bonds is 7. The normalized spacial score (nSPS) is 17.0. The molecule has 1 unspecified atom stereocenters. The van der Waals surface area contributed by atoms with Crippen molar-refractivity contribution >= 4 is 24.2 Å². The van der Waals surface area contributed by atoms with Gasteiger partial charge in [-0.15, -0.1) is 12.4 Å². The van der Waals surface area contributed by atoms with Gasteiger partial charge in [-0.3, -0.25) is 9.59 Å². The Morgan fingerprint density at radius 2 is 1.80 bits per heavy atom. The molecule has 2 rings (SSSR count). The van der Waals surface area contributed by atoms with Crippen LogP contribution in [0.5, 0.6) is 0 Å². The van der Waals surface area contributed by atoms with E-state index in [2.05, 4.69) is 10.6 Å². The zero-order chi connectivity index (χ0) is 17.4. The first-order valence-electron chi connectivity index (χ1n) is 8.97. The topological polar surface area (TPSA) is 84.2 Å². The van der Waals surface area contributed by atoms with Crippen LogP contribution in [0.25, 0.3) is 0 Å². The second kappa shape index (κ2) is 10.4. The highest BCUT2D eigenvalue weighted by Gasteiger charge is 2.40. The van der Waals surface area contributed by atoms with Crippen LogP contribution >= 0.6 is 12.4 Å². The fourth-order valence-electron chi connectivity index (χ4n) is 3.31. The molecular weight excluding hydrogens is 338 g/mol. The number of nitrogens with one attached hydrogen (secondary N) is 2. The first kappa shape index (κ1) is 21.5. The average Bonchev–Trinajstić information content (AvgIpc) is 2.61. The van der Waals surface area contributed by atoms with Gasteiger partial charge < -0.3 is 16.4 Å². The van der Waals surface area contributed by atoms with E-state index in [1.54, 1.807) is 0 Å². The quantitative estimate of drug-likeness (QED) is 0.692. The second-order valence-corrected chi connectivity index (χ2v) is 6.67. The number of carbonyl (C=O) groups excluding carboxylic acids is 2. The molecule has 1 aromatic carbocycles. The Labute approximate surface area is 156 Å². The van der Waals surface area contributed by atoms with Crippen molar-refractivity contribution in [3.05, 3.63) is 35.9 Å².